The zero-order valence-electron chi connectivity index (χ0n) is 13.5. The van der Waals surface area contributed by atoms with Crippen LogP contribution in [0.4, 0.5) is 5.95 Å². The molecule has 0 unspecified atom stereocenters. The van der Waals surface area contributed by atoms with E-state index in [1.807, 2.05) is 13.8 Å². The molecular formula is C15H15ClN8O. The highest BCUT2D eigenvalue weighted by Crippen LogP contribution is 2.27. The number of nitrogens with zero attached hydrogens (tertiary/aromatic N) is 6. The van der Waals surface area contributed by atoms with Crippen molar-refractivity contribution in [3.05, 3.63) is 53.2 Å². The Morgan fingerprint density at radius 1 is 1.28 bits per heavy atom. The van der Waals surface area contributed by atoms with E-state index in [2.05, 4.69) is 30.6 Å². The molecular weight excluding hydrogens is 344 g/mol. The van der Waals surface area contributed by atoms with Crippen LogP contribution in [0.25, 0.3) is 5.82 Å². The molecule has 0 aromatic carbocycles. The van der Waals surface area contributed by atoms with Gasteiger partial charge in [0.05, 0.1) is 34.2 Å². The van der Waals surface area contributed by atoms with E-state index in [0.29, 0.717) is 22.5 Å². The summed E-state index contributed by atoms with van der Waals surface area (Å²) in [6.07, 6.45) is 5.95. The number of amides is 1. The third-order valence-electron chi connectivity index (χ3n) is 3.43. The normalized spacial score (nSPS) is 11.3. The number of hydrogen-bond acceptors (Lipinski definition) is 7. The number of carbonyl (C=O) groups is 1. The molecule has 0 aliphatic carbocycles. The zero-order valence-corrected chi connectivity index (χ0v) is 14.3. The fourth-order valence-corrected chi connectivity index (χ4v) is 2.55. The van der Waals surface area contributed by atoms with Crippen LogP contribution >= 0.6 is 11.6 Å². The Morgan fingerprint density at radius 2 is 2.08 bits per heavy atom. The van der Waals surface area contributed by atoms with Crippen molar-refractivity contribution in [3.8, 4) is 5.82 Å². The van der Waals surface area contributed by atoms with Gasteiger partial charge in [-0.25, -0.2) is 9.67 Å². The lowest BCUT2D eigenvalue weighted by molar-refractivity contribution is 0.100. The van der Waals surface area contributed by atoms with Crippen molar-refractivity contribution in [2.24, 2.45) is 5.73 Å². The molecule has 0 radical (unpaired) electrons. The van der Waals surface area contributed by atoms with Gasteiger partial charge >= 0.3 is 0 Å². The second-order valence-corrected chi connectivity index (χ2v) is 6.17. The van der Waals surface area contributed by atoms with Gasteiger partial charge in [-0.3, -0.25) is 9.78 Å². The highest BCUT2D eigenvalue weighted by molar-refractivity contribution is 6.31. The Balaban J connectivity index is 1.80. The number of hydrogen-bond donors (Lipinski definition) is 2. The van der Waals surface area contributed by atoms with Gasteiger partial charge < -0.3 is 11.1 Å². The van der Waals surface area contributed by atoms with Gasteiger partial charge in [0, 0.05) is 12.4 Å². The van der Waals surface area contributed by atoms with E-state index in [0.717, 1.165) is 0 Å². The van der Waals surface area contributed by atoms with Gasteiger partial charge in [-0.1, -0.05) is 11.6 Å². The second-order valence-electron chi connectivity index (χ2n) is 5.76. The summed E-state index contributed by atoms with van der Waals surface area (Å²) >= 11 is 6.20. The third kappa shape index (κ3) is 3.56. The Hall–Kier alpha value is -3.07. The van der Waals surface area contributed by atoms with Crippen LogP contribution in [-0.2, 0) is 5.54 Å². The fourth-order valence-electron chi connectivity index (χ4n) is 2.19. The van der Waals surface area contributed by atoms with Gasteiger partial charge in [-0.2, -0.15) is 5.10 Å². The number of aromatic nitrogens is 6. The molecule has 3 N–H and O–H groups in total. The standard InChI is InChI=1S/C15H15ClN8O/c1-15(2,12-10(16)4-3-5-18-12)21-14-19-7-11(22-23-14)24-8-9(6-20-24)13(17)25/h3-8H,1-2H3,(H2,17,25)(H,19,21,23). The Bertz CT molecular complexity index is 906. The topological polar surface area (TPSA) is 124 Å². The molecule has 25 heavy (non-hydrogen) atoms. The van der Waals surface area contributed by atoms with Crippen LogP contribution in [0.3, 0.4) is 0 Å². The molecule has 1 amide bonds. The number of nitrogens with two attached hydrogens (primary N) is 1. The van der Waals surface area contributed by atoms with Crippen LogP contribution < -0.4 is 11.1 Å². The summed E-state index contributed by atoms with van der Waals surface area (Å²) in [4.78, 5) is 19.6. The second kappa shape index (κ2) is 6.44. The first-order valence-corrected chi connectivity index (χ1v) is 7.68. The van der Waals surface area contributed by atoms with E-state index in [1.165, 1.54) is 23.3 Å². The van der Waals surface area contributed by atoms with Gasteiger partial charge in [-0.05, 0) is 26.0 Å². The maximum Gasteiger partial charge on any atom is 0.251 e. The van der Waals surface area contributed by atoms with E-state index < -0.39 is 11.4 Å². The molecule has 0 saturated carbocycles. The molecule has 3 aromatic rings. The molecule has 128 valence electrons. The smallest absolute Gasteiger partial charge is 0.251 e. The monoisotopic (exact) mass is 358 g/mol. The molecule has 3 aromatic heterocycles. The highest BCUT2D eigenvalue weighted by atomic mass is 35.5. The van der Waals surface area contributed by atoms with E-state index in [9.17, 15) is 4.79 Å². The molecule has 0 fully saturated rings. The highest BCUT2D eigenvalue weighted by Gasteiger charge is 2.25. The maximum absolute atomic E-state index is 11.1. The Morgan fingerprint density at radius 3 is 2.68 bits per heavy atom. The number of pyridine rings is 1. The van der Waals surface area contributed by atoms with Gasteiger partial charge in [0.25, 0.3) is 5.91 Å². The number of anilines is 1. The number of carbonyl (C=O) groups excluding carboxylic acids is 1. The summed E-state index contributed by atoms with van der Waals surface area (Å²) in [6.45, 7) is 3.82. The van der Waals surface area contributed by atoms with E-state index >= 15 is 0 Å². The van der Waals surface area contributed by atoms with Crippen LogP contribution in [0.5, 0.6) is 0 Å². The predicted octanol–water partition coefficient (Wildman–Crippen LogP) is 1.55. The first-order chi connectivity index (χ1) is 11.9. The van der Waals surface area contributed by atoms with Gasteiger partial charge in [-0.15, -0.1) is 10.2 Å². The van der Waals surface area contributed by atoms with E-state index in [-0.39, 0.29) is 5.56 Å². The van der Waals surface area contributed by atoms with Crippen molar-refractivity contribution >= 4 is 23.5 Å². The van der Waals surface area contributed by atoms with Crippen molar-refractivity contribution < 1.29 is 4.79 Å². The number of rotatable bonds is 5. The van der Waals surface area contributed by atoms with E-state index in [4.69, 9.17) is 17.3 Å². The lowest BCUT2D eigenvalue weighted by Gasteiger charge is -2.26. The molecule has 0 spiro atoms. The molecule has 0 bridgehead atoms. The summed E-state index contributed by atoms with van der Waals surface area (Å²) in [7, 11) is 0. The van der Waals surface area contributed by atoms with Crippen LogP contribution in [-0.4, -0.2) is 35.9 Å². The lowest BCUT2D eigenvalue weighted by Crippen LogP contribution is -2.30. The molecule has 0 saturated heterocycles. The van der Waals surface area contributed by atoms with Crippen LogP contribution in [0.2, 0.25) is 5.02 Å². The SMILES string of the molecule is CC(C)(Nc1ncc(-n2cc(C(N)=O)cn2)nn1)c1ncccc1Cl. The third-order valence-corrected chi connectivity index (χ3v) is 3.73. The Kier molecular flexibility index (Phi) is 4.32. The number of nitrogens with one attached hydrogen (secondary N) is 1. The average molecular weight is 359 g/mol. The number of primary amides is 1. The molecule has 3 heterocycles. The van der Waals surface area contributed by atoms with Crippen molar-refractivity contribution in [2.45, 2.75) is 19.4 Å². The molecule has 10 heteroatoms. The summed E-state index contributed by atoms with van der Waals surface area (Å²) in [5.74, 6) is 0.0870. The first kappa shape index (κ1) is 16.8. The largest absolute Gasteiger partial charge is 0.366 e. The first-order valence-electron chi connectivity index (χ1n) is 7.30. The minimum Gasteiger partial charge on any atom is -0.366 e. The van der Waals surface area contributed by atoms with Crippen molar-refractivity contribution in [1.82, 2.24) is 29.9 Å². The fraction of sp³-hybridized carbons (Fsp3) is 0.200. The zero-order chi connectivity index (χ0) is 18.0. The van der Waals surface area contributed by atoms with Crippen molar-refractivity contribution in [3.63, 3.8) is 0 Å². The van der Waals surface area contributed by atoms with Crippen LogP contribution in [0.1, 0.15) is 29.9 Å². The Labute approximate surface area is 148 Å². The lowest BCUT2D eigenvalue weighted by atomic mass is 10.00. The van der Waals surface area contributed by atoms with E-state index in [1.54, 1.807) is 18.3 Å². The summed E-state index contributed by atoms with van der Waals surface area (Å²) in [6, 6.07) is 3.53. The minimum atomic E-state index is -0.605. The molecule has 0 atom stereocenters. The molecule has 0 aliphatic heterocycles. The maximum atomic E-state index is 11.1. The molecule has 3 rings (SSSR count). The van der Waals surface area contributed by atoms with Gasteiger partial charge in [0.1, 0.15) is 0 Å². The number of halogens is 1. The van der Waals surface area contributed by atoms with Gasteiger partial charge in [0.15, 0.2) is 5.82 Å². The quantitative estimate of drug-likeness (QED) is 0.708. The molecule has 9 nitrogen and oxygen atoms in total. The predicted molar refractivity (Wildman–Crippen MR) is 91.4 cm³/mol. The minimum absolute atomic E-state index is 0.273. The van der Waals surface area contributed by atoms with Gasteiger partial charge in [0.2, 0.25) is 5.95 Å². The van der Waals surface area contributed by atoms with Crippen LogP contribution in [0, 0.1) is 0 Å². The van der Waals surface area contributed by atoms with Crippen molar-refractivity contribution in [2.75, 3.05) is 5.32 Å². The molecule has 0 aliphatic rings. The average Bonchev–Trinajstić information content (AvgIpc) is 3.06. The van der Waals surface area contributed by atoms with Crippen LogP contribution in [0.15, 0.2) is 36.9 Å². The van der Waals surface area contributed by atoms with Crippen molar-refractivity contribution in [1.29, 1.82) is 0 Å². The summed E-state index contributed by atoms with van der Waals surface area (Å²) in [5, 5.41) is 15.8. The summed E-state index contributed by atoms with van der Waals surface area (Å²) < 4.78 is 1.37. The summed E-state index contributed by atoms with van der Waals surface area (Å²) in [5.41, 5.74) is 5.53.